The molecule has 1 aliphatic heterocycles. The van der Waals surface area contributed by atoms with Crippen molar-refractivity contribution >= 4 is 0 Å². The van der Waals surface area contributed by atoms with Crippen LogP contribution >= 0.6 is 0 Å². The van der Waals surface area contributed by atoms with Gasteiger partial charge in [-0.15, -0.1) is 0 Å². The Kier molecular flexibility index (Phi) is 3.99. The van der Waals surface area contributed by atoms with Crippen molar-refractivity contribution in [1.29, 1.82) is 0 Å². The zero-order valence-electron chi connectivity index (χ0n) is 9.94. The topological polar surface area (TPSA) is 90.2 Å². The maximum Gasteiger partial charge on any atom is 0.172 e. The van der Waals surface area contributed by atoms with Crippen LogP contribution in [0.1, 0.15) is 12.0 Å². The third-order valence-corrected chi connectivity index (χ3v) is 3.18. The molecule has 0 aliphatic carbocycles. The van der Waals surface area contributed by atoms with E-state index in [0.717, 1.165) is 5.56 Å². The van der Waals surface area contributed by atoms with E-state index in [0.29, 0.717) is 0 Å². The summed E-state index contributed by atoms with van der Waals surface area (Å²) in [5.74, 6) is -1.56. The lowest BCUT2D eigenvalue weighted by molar-refractivity contribution is -0.304. The number of ether oxygens (including phenoxy) is 1. The van der Waals surface area contributed by atoms with Crippen molar-refractivity contribution in [1.82, 2.24) is 0 Å². The molecule has 1 aromatic rings. The van der Waals surface area contributed by atoms with E-state index in [4.69, 9.17) is 9.84 Å². The lowest BCUT2D eigenvalue weighted by Gasteiger charge is -2.42. The normalized spacial score (nSPS) is 36.6. The minimum Gasteiger partial charge on any atom is -0.394 e. The van der Waals surface area contributed by atoms with Gasteiger partial charge in [0.15, 0.2) is 5.79 Å². The number of benzene rings is 1. The summed E-state index contributed by atoms with van der Waals surface area (Å²) in [4.78, 5) is 0. The van der Waals surface area contributed by atoms with E-state index in [1.54, 1.807) is 0 Å². The van der Waals surface area contributed by atoms with E-state index >= 15 is 0 Å². The lowest BCUT2D eigenvalue weighted by atomic mass is 9.91. The molecule has 18 heavy (non-hydrogen) atoms. The van der Waals surface area contributed by atoms with Crippen molar-refractivity contribution < 1.29 is 25.2 Å². The molecular weight excluding hydrogens is 236 g/mol. The van der Waals surface area contributed by atoms with Crippen molar-refractivity contribution in [3.05, 3.63) is 35.9 Å². The van der Waals surface area contributed by atoms with Crippen LogP contribution < -0.4 is 0 Å². The van der Waals surface area contributed by atoms with Gasteiger partial charge in [-0.25, -0.2) is 0 Å². The van der Waals surface area contributed by atoms with Crippen molar-refractivity contribution in [2.24, 2.45) is 0 Å². The first-order chi connectivity index (χ1) is 8.54. The maximum atomic E-state index is 10.3. The summed E-state index contributed by atoms with van der Waals surface area (Å²) in [6, 6.07) is 9.23. The summed E-state index contributed by atoms with van der Waals surface area (Å²) >= 11 is 0. The zero-order chi connectivity index (χ0) is 13.2. The van der Waals surface area contributed by atoms with Crippen molar-refractivity contribution in [3.8, 4) is 0 Å². The SMILES string of the molecule is OC[C@H]1O[C@@](O)(Cc2ccccc2)C[C@@H](O)[C@@H]1O. The quantitative estimate of drug-likeness (QED) is 0.579. The third-order valence-electron chi connectivity index (χ3n) is 3.18. The molecular formula is C13H18O5. The molecule has 4 N–H and O–H groups in total. The predicted molar refractivity (Wildman–Crippen MR) is 63.7 cm³/mol. The fourth-order valence-electron chi connectivity index (χ4n) is 2.27. The number of rotatable bonds is 3. The summed E-state index contributed by atoms with van der Waals surface area (Å²) in [5.41, 5.74) is 0.861. The molecule has 4 atom stereocenters. The minimum atomic E-state index is -1.56. The molecule has 1 aromatic carbocycles. The molecule has 0 bridgehead atoms. The lowest BCUT2D eigenvalue weighted by Crippen LogP contribution is -2.56. The molecule has 2 rings (SSSR count). The Morgan fingerprint density at radius 2 is 1.89 bits per heavy atom. The predicted octanol–water partition coefficient (Wildman–Crippen LogP) is -0.579. The first-order valence-corrected chi connectivity index (χ1v) is 5.95. The summed E-state index contributed by atoms with van der Waals surface area (Å²) in [7, 11) is 0. The van der Waals surface area contributed by atoms with Crippen molar-refractivity contribution in [2.75, 3.05) is 6.61 Å². The molecule has 5 heteroatoms. The highest BCUT2D eigenvalue weighted by Crippen LogP contribution is 2.30. The molecule has 1 heterocycles. The van der Waals surface area contributed by atoms with Gasteiger partial charge in [0, 0.05) is 12.8 Å². The van der Waals surface area contributed by atoms with E-state index in [2.05, 4.69) is 0 Å². The van der Waals surface area contributed by atoms with E-state index in [-0.39, 0.29) is 12.8 Å². The number of hydrogen-bond acceptors (Lipinski definition) is 5. The second-order valence-electron chi connectivity index (χ2n) is 4.71. The van der Waals surface area contributed by atoms with Gasteiger partial charge in [-0.1, -0.05) is 30.3 Å². The zero-order valence-corrected chi connectivity index (χ0v) is 9.94. The molecule has 5 nitrogen and oxygen atoms in total. The summed E-state index contributed by atoms with van der Waals surface area (Å²) in [6.45, 7) is -0.449. The van der Waals surface area contributed by atoms with Gasteiger partial charge in [-0.3, -0.25) is 0 Å². The van der Waals surface area contributed by atoms with E-state index in [1.165, 1.54) is 0 Å². The van der Waals surface area contributed by atoms with E-state index < -0.39 is 30.7 Å². The summed E-state index contributed by atoms with van der Waals surface area (Å²) in [5, 5.41) is 38.7. The molecule has 100 valence electrons. The Labute approximate surface area is 105 Å². The van der Waals surface area contributed by atoms with Crippen molar-refractivity contribution in [2.45, 2.75) is 36.9 Å². The van der Waals surface area contributed by atoms with Crippen LogP contribution in [0.25, 0.3) is 0 Å². The molecule has 0 radical (unpaired) electrons. The Balaban J connectivity index is 2.11. The van der Waals surface area contributed by atoms with Gasteiger partial charge in [0.1, 0.15) is 12.2 Å². The molecule has 1 fully saturated rings. The number of aliphatic hydroxyl groups is 4. The smallest absolute Gasteiger partial charge is 0.172 e. The van der Waals surface area contributed by atoms with Gasteiger partial charge in [-0.05, 0) is 5.56 Å². The standard InChI is InChI=1S/C13H18O5/c14-8-11-12(16)10(15)7-13(17,18-11)6-9-4-2-1-3-5-9/h1-5,10-12,14-17H,6-8H2/t10-,11-,12+,13+/m1/s1. The second kappa shape index (κ2) is 5.34. The second-order valence-corrected chi connectivity index (χ2v) is 4.71. The highest BCUT2D eigenvalue weighted by Gasteiger charge is 2.44. The van der Waals surface area contributed by atoms with Crippen LogP contribution in [0.3, 0.4) is 0 Å². The van der Waals surface area contributed by atoms with Crippen LogP contribution in [0, 0.1) is 0 Å². The maximum absolute atomic E-state index is 10.3. The minimum absolute atomic E-state index is 0.0838. The molecule has 0 aromatic heterocycles. The highest BCUT2D eigenvalue weighted by atomic mass is 16.6. The Morgan fingerprint density at radius 1 is 1.22 bits per heavy atom. The summed E-state index contributed by atoms with van der Waals surface area (Å²) in [6.07, 6.45) is -3.13. The summed E-state index contributed by atoms with van der Waals surface area (Å²) < 4.78 is 5.31. The van der Waals surface area contributed by atoms with Crippen LogP contribution in [0.5, 0.6) is 0 Å². The van der Waals surface area contributed by atoms with Crippen LogP contribution in [0.15, 0.2) is 30.3 Å². The molecule has 0 amide bonds. The fourth-order valence-corrected chi connectivity index (χ4v) is 2.27. The van der Waals surface area contributed by atoms with Crippen LogP contribution in [-0.4, -0.2) is 51.1 Å². The first kappa shape index (κ1) is 13.5. The third kappa shape index (κ3) is 2.88. The van der Waals surface area contributed by atoms with Gasteiger partial charge in [0.05, 0.1) is 12.7 Å². The van der Waals surface area contributed by atoms with E-state index in [9.17, 15) is 15.3 Å². The number of aliphatic hydroxyl groups excluding tert-OH is 3. The van der Waals surface area contributed by atoms with Gasteiger partial charge >= 0.3 is 0 Å². The Morgan fingerprint density at radius 3 is 2.50 bits per heavy atom. The van der Waals surface area contributed by atoms with Gasteiger partial charge in [0.2, 0.25) is 0 Å². The highest BCUT2D eigenvalue weighted by molar-refractivity contribution is 5.16. The average Bonchev–Trinajstić information content (AvgIpc) is 2.35. The van der Waals surface area contributed by atoms with Gasteiger partial charge < -0.3 is 25.2 Å². The van der Waals surface area contributed by atoms with Crippen molar-refractivity contribution in [3.63, 3.8) is 0 Å². The van der Waals surface area contributed by atoms with E-state index in [1.807, 2.05) is 30.3 Å². The van der Waals surface area contributed by atoms with Gasteiger partial charge in [-0.2, -0.15) is 0 Å². The fraction of sp³-hybridized carbons (Fsp3) is 0.538. The van der Waals surface area contributed by atoms with Crippen LogP contribution in [0.2, 0.25) is 0 Å². The number of hydrogen-bond donors (Lipinski definition) is 4. The monoisotopic (exact) mass is 254 g/mol. The van der Waals surface area contributed by atoms with Crippen LogP contribution in [-0.2, 0) is 11.2 Å². The average molecular weight is 254 g/mol. The Hall–Kier alpha value is -0.980. The largest absolute Gasteiger partial charge is 0.394 e. The first-order valence-electron chi connectivity index (χ1n) is 5.95. The Bertz CT molecular complexity index is 382. The van der Waals surface area contributed by atoms with Gasteiger partial charge in [0.25, 0.3) is 0 Å². The molecule has 0 unspecified atom stereocenters. The molecule has 0 spiro atoms. The molecule has 0 saturated carbocycles. The molecule has 1 aliphatic rings. The van der Waals surface area contributed by atoms with Crippen LogP contribution in [0.4, 0.5) is 0 Å². The molecule has 1 saturated heterocycles.